The third-order valence-corrected chi connectivity index (χ3v) is 12.9. The maximum absolute atomic E-state index is 6.33. The zero-order chi connectivity index (χ0) is 43.8. The highest BCUT2D eigenvalue weighted by Crippen LogP contribution is 2.42. The smallest absolute Gasteiger partial charge is 0.136 e. The van der Waals surface area contributed by atoms with Gasteiger partial charge in [0, 0.05) is 27.8 Å². The molecule has 0 radical (unpaired) electrons. The zero-order valence-electron chi connectivity index (χ0n) is 36.2. The Hall–Kier alpha value is -8.72. The minimum absolute atomic E-state index is 0.888. The van der Waals surface area contributed by atoms with Crippen LogP contribution in [0.1, 0.15) is 0 Å². The molecule has 0 amide bonds. The van der Waals surface area contributed by atoms with Gasteiger partial charge in [0.15, 0.2) is 0 Å². The minimum Gasteiger partial charge on any atom is -0.456 e. The van der Waals surface area contributed by atoms with Gasteiger partial charge in [-0.2, -0.15) is 0 Å². The molecule has 0 spiro atoms. The molecule has 12 aromatic rings. The Balaban J connectivity index is 0.933. The van der Waals surface area contributed by atoms with E-state index in [0.717, 1.165) is 55.7 Å². The van der Waals surface area contributed by atoms with Crippen LogP contribution in [0.2, 0.25) is 0 Å². The number of anilines is 3. The van der Waals surface area contributed by atoms with Crippen LogP contribution in [-0.4, -0.2) is 0 Å². The summed E-state index contributed by atoms with van der Waals surface area (Å²) < 4.78 is 6.33. The molecule has 0 bridgehead atoms. The number of hydrogen-bond acceptors (Lipinski definition) is 2. The first kappa shape index (κ1) is 38.9. The summed E-state index contributed by atoms with van der Waals surface area (Å²) in [5.74, 6) is 0. The number of fused-ring (bicyclic) bond motifs is 4. The van der Waals surface area contributed by atoms with Crippen molar-refractivity contribution in [3.8, 4) is 66.8 Å². The topological polar surface area (TPSA) is 16.4 Å². The average Bonchev–Trinajstić information content (AvgIpc) is 3.79. The van der Waals surface area contributed by atoms with Gasteiger partial charge in [-0.1, -0.05) is 188 Å². The van der Waals surface area contributed by atoms with Crippen molar-refractivity contribution in [2.24, 2.45) is 0 Å². The van der Waals surface area contributed by atoms with Gasteiger partial charge >= 0.3 is 0 Å². The van der Waals surface area contributed by atoms with Crippen molar-refractivity contribution in [3.63, 3.8) is 0 Å². The van der Waals surface area contributed by atoms with E-state index in [1.54, 1.807) is 0 Å². The molecule has 11 aromatic carbocycles. The molecule has 0 unspecified atom stereocenters. The van der Waals surface area contributed by atoms with Gasteiger partial charge < -0.3 is 9.32 Å². The molecule has 0 aliphatic heterocycles. The van der Waals surface area contributed by atoms with Crippen LogP contribution in [0.5, 0.6) is 0 Å². The van der Waals surface area contributed by atoms with Crippen LogP contribution in [0.15, 0.2) is 265 Å². The molecule has 0 aliphatic carbocycles. The molecule has 12 rings (SSSR count). The van der Waals surface area contributed by atoms with Crippen molar-refractivity contribution in [2.45, 2.75) is 0 Å². The second kappa shape index (κ2) is 16.8. The molecule has 0 saturated carbocycles. The van der Waals surface area contributed by atoms with Gasteiger partial charge in [-0.05, 0) is 150 Å². The number of benzene rings is 11. The van der Waals surface area contributed by atoms with Crippen molar-refractivity contribution < 1.29 is 4.42 Å². The van der Waals surface area contributed by atoms with Crippen LogP contribution in [-0.2, 0) is 0 Å². The van der Waals surface area contributed by atoms with Crippen molar-refractivity contribution in [2.75, 3.05) is 4.90 Å². The second-order valence-corrected chi connectivity index (χ2v) is 16.9. The predicted octanol–water partition coefficient (Wildman–Crippen LogP) is 18.2. The van der Waals surface area contributed by atoms with Crippen molar-refractivity contribution in [1.82, 2.24) is 0 Å². The molecule has 0 aliphatic rings. The Kier molecular flexibility index (Phi) is 9.89. The Bertz CT molecular complexity index is 3610. The van der Waals surface area contributed by atoms with Gasteiger partial charge in [0.2, 0.25) is 0 Å². The van der Waals surface area contributed by atoms with Gasteiger partial charge in [0.1, 0.15) is 11.2 Å². The molecule has 2 heteroatoms. The summed E-state index contributed by atoms with van der Waals surface area (Å²) in [6, 6.07) is 93.9. The van der Waals surface area contributed by atoms with Crippen LogP contribution >= 0.6 is 0 Å². The van der Waals surface area contributed by atoms with Crippen molar-refractivity contribution >= 4 is 49.8 Å². The highest BCUT2D eigenvalue weighted by Gasteiger charge is 2.18. The summed E-state index contributed by atoms with van der Waals surface area (Å²) >= 11 is 0. The summed E-state index contributed by atoms with van der Waals surface area (Å²) in [6.07, 6.45) is 0. The molecule has 1 heterocycles. The fourth-order valence-corrected chi connectivity index (χ4v) is 9.49. The van der Waals surface area contributed by atoms with E-state index in [1.165, 1.54) is 60.8 Å². The van der Waals surface area contributed by atoms with Crippen LogP contribution in [0.3, 0.4) is 0 Å². The summed E-state index contributed by atoms with van der Waals surface area (Å²) in [7, 11) is 0. The standard InChI is InChI=1S/C64H43NO/c1-3-13-44(14-4-1)54-40-55(45-15-5-2-6-16-45)42-56(41-54)50-33-37-58(38-34-50)65(59-20-11-19-53(43-59)60-22-12-24-63-64(60)61-21-9-10-23-62(61)66-63)57-35-31-48(32-36-57)47-25-27-49(28-26-47)52-30-29-46-17-7-8-18-51(46)39-52/h1-43H. The second-order valence-electron chi connectivity index (χ2n) is 16.9. The van der Waals surface area contributed by atoms with E-state index in [1.807, 2.05) is 12.1 Å². The highest BCUT2D eigenvalue weighted by atomic mass is 16.3. The molecule has 1 aromatic heterocycles. The Labute approximate surface area is 384 Å². The quantitative estimate of drug-likeness (QED) is 0.144. The molecule has 310 valence electrons. The summed E-state index contributed by atoms with van der Waals surface area (Å²) in [5, 5.41) is 4.75. The molecule has 0 fully saturated rings. The molecule has 0 N–H and O–H groups in total. The lowest BCUT2D eigenvalue weighted by molar-refractivity contribution is 0.669. The van der Waals surface area contributed by atoms with Crippen LogP contribution in [0, 0.1) is 0 Å². The fourth-order valence-electron chi connectivity index (χ4n) is 9.49. The minimum atomic E-state index is 0.888. The average molecular weight is 842 g/mol. The first-order valence-electron chi connectivity index (χ1n) is 22.6. The normalized spacial score (nSPS) is 11.3. The number of para-hydroxylation sites is 1. The maximum Gasteiger partial charge on any atom is 0.136 e. The van der Waals surface area contributed by atoms with Crippen molar-refractivity contribution in [3.05, 3.63) is 261 Å². The van der Waals surface area contributed by atoms with Gasteiger partial charge in [-0.15, -0.1) is 0 Å². The third kappa shape index (κ3) is 7.41. The summed E-state index contributed by atoms with van der Waals surface area (Å²) in [4.78, 5) is 2.36. The first-order chi connectivity index (χ1) is 32.7. The Morgan fingerprint density at radius 1 is 0.242 bits per heavy atom. The monoisotopic (exact) mass is 841 g/mol. The molecule has 2 nitrogen and oxygen atoms in total. The lowest BCUT2D eigenvalue weighted by atomic mass is 9.93. The van der Waals surface area contributed by atoms with E-state index in [9.17, 15) is 0 Å². The van der Waals surface area contributed by atoms with E-state index in [-0.39, 0.29) is 0 Å². The molecule has 66 heavy (non-hydrogen) atoms. The lowest BCUT2D eigenvalue weighted by Gasteiger charge is -2.26. The SMILES string of the molecule is c1ccc(-c2cc(-c3ccccc3)cc(-c3ccc(N(c4ccc(-c5ccc(-c6ccc7ccccc7c6)cc5)cc4)c4cccc(-c5cccc6oc7ccccc7c56)c4)cc3)c2)cc1. The van der Waals surface area contributed by atoms with E-state index < -0.39 is 0 Å². The number of rotatable bonds is 9. The van der Waals surface area contributed by atoms with Gasteiger partial charge in [-0.3, -0.25) is 0 Å². The summed E-state index contributed by atoms with van der Waals surface area (Å²) in [5.41, 5.74) is 19.1. The molecule has 0 atom stereocenters. The van der Waals surface area contributed by atoms with E-state index in [4.69, 9.17) is 4.42 Å². The van der Waals surface area contributed by atoms with Crippen molar-refractivity contribution in [1.29, 1.82) is 0 Å². The zero-order valence-corrected chi connectivity index (χ0v) is 36.2. The number of nitrogens with zero attached hydrogens (tertiary/aromatic N) is 1. The molecular formula is C64H43NO. The number of hydrogen-bond donors (Lipinski definition) is 0. The summed E-state index contributed by atoms with van der Waals surface area (Å²) in [6.45, 7) is 0. The maximum atomic E-state index is 6.33. The number of furan rings is 1. The first-order valence-corrected chi connectivity index (χ1v) is 22.6. The van der Waals surface area contributed by atoms with Gasteiger partial charge in [-0.25, -0.2) is 0 Å². The van der Waals surface area contributed by atoms with Crippen LogP contribution in [0.4, 0.5) is 17.1 Å². The lowest BCUT2D eigenvalue weighted by Crippen LogP contribution is -2.10. The van der Waals surface area contributed by atoms with Gasteiger partial charge in [0.05, 0.1) is 0 Å². The molecular weight excluding hydrogens is 799 g/mol. The fraction of sp³-hybridized carbons (Fsp3) is 0. The Morgan fingerprint density at radius 2 is 0.697 bits per heavy atom. The van der Waals surface area contributed by atoms with Gasteiger partial charge in [0.25, 0.3) is 0 Å². The Morgan fingerprint density at radius 3 is 1.33 bits per heavy atom. The van der Waals surface area contributed by atoms with Crippen LogP contribution < -0.4 is 4.90 Å². The largest absolute Gasteiger partial charge is 0.456 e. The predicted molar refractivity (Wildman–Crippen MR) is 279 cm³/mol. The third-order valence-electron chi connectivity index (χ3n) is 12.9. The van der Waals surface area contributed by atoms with E-state index >= 15 is 0 Å². The van der Waals surface area contributed by atoms with E-state index in [2.05, 4.69) is 254 Å². The van der Waals surface area contributed by atoms with Crippen LogP contribution in [0.25, 0.3) is 99.5 Å². The highest BCUT2D eigenvalue weighted by molar-refractivity contribution is 6.12. The van der Waals surface area contributed by atoms with E-state index in [0.29, 0.717) is 0 Å². The molecule has 0 saturated heterocycles.